The van der Waals surface area contributed by atoms with E-state index in [0.717, 1.165) is 30.7 Å². The van der Waals surface area contributed by atoms with E-state index in [1.165, 1.54) is 0 Å². The Morgan fingerprint density at radius 2 is 2.04 bits per heavy atom. The first-order chi connectivity index (χ1) is 12.3. The lowest BCUT2D eigenvalue weighted by Gasteiger charge is -2.25. The molecule has 0 spiro atoms. The molecule has 0 bridgehead atoms. The van der Waals surface area contributed by atoms with Crippen molar-refractivity contribution in [3.63, 3.8) is 0 Å². The van der Waals surface area contributed by atoms with Crippen molar-refractivity contribution in [2.75, 3.05) is 6.54 Å². The van der Waals surface area contributed by atoms with Gasteiger partial charge in [-0.05, 0) is 50.6 Å². The van der Waals surface area contributed by atoms with Crippen molar-refractivity contribution < 1.29 is 9.26 Å². The highest BCUT2D eigenvalue weighted by atomic mass is 16.5. The van der Waals surface area contributed by atoms with E-state index < -0.39 is 0 Å². The number of aromatic nitrogens is 3. The van der Waals surface area contributed by atoms with Crippen LogP contribution in [0.1, 0.15) is 31.6 Å². The number of pyridine rings is 1. The number of hydrogen-bond acceptors (Lipinski definition) is 6. The first-order valence-electron chi connectivity index (χ1n) is 8.55. The SMILES string of the molecule is C[C@H]1C[C@@H](c2nc(-c3cccnc3Oc3ccccc3)no2)CCN1. The van der Waals surface area contributed by atoms with Gasteiger partial charge in [0.05, 0.1) is 5.56 Å². The van der Waals surface area contributed by atoms with Crippen LogP contribution in [0.5, 0.6) is 11.6 Å². The van der Waals surface area contributed by atoms with Crippen LogP contribution in [0, 0.1) is 0 Å². The molecule has 25 heavy (non-hydrogen) atoms. The summed E-state index contributed by atoms with van der Waals surface area (Å²) in [6.45, 7) is 3.15. The van der Waals surface area contributed by atoms with Crippen LogP contribution in [0.25, 0.3) is 11.4 Å². The number of ether oxygens (including phenoxy) is 1. The minimum Gasteiger partial charge on any atom is -0.438 e. The molecule has 1 aromatic carbocycles. The van der Waals surface area contributed by atoms with E-state index in [2.05, 4.69) is 27.4 Å². The molecule has 4 rings (SSSR count). The highest BCUT2D eigenvalue weighted by Crippen LogP contribution is 2.32. The van der Waals surface area contributed by atoms with Gasteiger partial charge in [-0.3, -0.25) is 0 Å². The second-order valence-corrected chi connectivity index (χ2v) is 6.30. The van der Waals surface area contributed by atoms with Crippen LogP contribution in [0.4, 0.5) is 0 Å². The Balaban J connectivity index is 1.60. The molecule has 3 heterocycles. The summed E-state index contributed by atoms with van der Waals surface area (Å²) in [5, 5.41) is 7.60. The van der Waals surface area contributed by atoms with Gasteiger partial charge in [0.25, 0.3) is 0 Å². The molecular weight excluding hydrogens is 316 g/mol. The molecule has 2 aromatic heterocycles. The van der Waals surface area contributed by atoms with Gasteiger partial charge in [-0.1, -0.05) is 23.4 Å². The Morgan fingerprint density at radius 3 is 2.88 bits per heavy atom. The van der Waals surface area contributed by atoms with Crippen LogP contribution in [-0.4, -0.2) is 27.7 Å². The number of benzene rings is 1. The number of piperidine rings is 1. The fraction of sp³-hybridized carbons (Fsp3) is 0.316. The van der Waals surface area contributed by atoms with Crippen LogP contribution >= 0.6 is 0 Å². The van der Waals surface area contributed by atoms with E-state index in [4.69, 9.17) is 9.26 Å². The third-order valence-corrected chi connectivity index (χ3v) is 4.38. The first-order valence-corrected chi connectivity index (χ1v) is 8.55. The topological polar surface area (TPSA) is 73.1 Å². The van der Waals surface area contributed by atoms with E-state index in [1.54, 1.807) is 6.20 Å². The van der Waals surface area contributed by atoms with Crippen LogP contribution in [0.15, 0.2) is 53.2 Å². The molecule has 0 amide bonds. The molecule has 1 saturated heterocycles. The van der Waals surface area contributed by atoms with Crippen LogP contribution in [0.3, 0.4) is 0 Å². The Hall–Kier alpha value is -2.73. The minimum absolute atomic E-state index is 0.299. The Bertz CT molecular complexity index is 834. The standard InChI is InChI=1S/C19H20N4O2/c1-13-12-14(9-11-20-13)18-22-17(23-25-18)16-8-5-10-21-19(16)24-15-6-3-2-4-7-15/h2-8,10,13-14,20H,9,11-12H2,1H3/t13-,14-/m0/s1. The number of hydrogen-bond donors (Lipinski definition) is 1. The van der Waals surface area contributed by atoms with Gasteiger partial charge in [0.2, 0.25) is 17.6 Å². The van der Waals surface area contributed by atoms with Gasteiger partial charge in [0.15, 0.2) is 0 Å². The fourth-order valence-electron chi connectivity index (χ4n) is 3.11. The minimum atomic E-state index is 0.299. The zero-order valence-corrected chi connectivity index (χ0v) is 14.1. The summed E-state index contributed by atoms with van der Waals surface area (Å²) in [4.78, 5) is 8.95. The second-order valence-electron chi connectivity index (χ2n) is 6.30. The average molecular weight is 336 g/mol. The smallest absolute Gasteiger partial charge is 0.230 e. The van der Waals surface area contributed by atoms with Crippen molar-refractivity contribution >= 4 is 0 Å². The van der Waals surface area contributed by atoms with E-state index in [-0.39, 0.29) is 0 Å². The summed E-state index contributed by atoms with van der Waals surface area (Å²) in [6.07, 6.45) is 3.70. The van der Waals surface area contributed by atoms with Crippen LogP contribution in [-0.2, 0) is 0 Å². The summed E-state index contributed by atoms with van der Waals surface area (Å²) >= 11 is 0. The van der Waals surface area contributed by atoms with Crippen molar-refractivity contribution in [3.8, 4) is 23.0 Å². The lowest BCUT2D eigenvalue weighted by molar-refractivity contribution is 0.295. The molecule has 1 aliphatic rings. The van der Waals surface area contributed by atoms with E-state index in [0.29, 0.717) is 29.6 Å². The molecule has 128 valence electrons. The summed E-state index contributed by atoms with van der Waals surface area (Å²) in [5.41, 5.74) is 0.725. The number of para-hydroxylation sites is 1. The predicted molar refractivity (Wildman–Crippen MR) is 93.5 cm³/mol. The Labute approximate surface area is 146 Å². The zero-order valence-electron chi connectivity index (χ0n) is 14.1. The third kappa shape index (κ3) is 3.53. The van der Waals surface area contributed by atoms with E-state index in [9.17, 15) is 0 Å². The molecule has 0 radical (unpaired) electrons. The molecular formula is C19H20N4O2. The van der Waals surface area contributed by atoms with Gasteiger partial charge >= 0.3 is 0 Å². The molecule has 3 aromatic rings. The summed E-state index contributed by atoms with van der Waals surface area (Å²) < 4.78 is 11.4. The van der Waals surface area contributed by atoms with Crippen molar-refractivity contribution in [2.24, 2.45) is 0 Å². The average Bonchev–Trinajstić information content (AvgIpc) is 3.13. The number of nitrogens with one attached hydrogen (secondary N) is 1. The summed E-state index contributed by atoms with van der Waals surface area (Å²) in [7, 11) is 0. The van der Waals surface area contributed by atoms with Crippen molar-refractivity contribution in [3.05, 3.63) is 54.6 Å². The van der Waals surface area contributed by atoms with Crippen LogP contribution in [0.2, 0.25) is 0 Å². The van der Waals surface area contributed by atoms with E-state index in [1.807, 2.05) is 42.5 Å². The highest BCUT2D eigenvalue weighted by molar-refractivity contribution is 5.61. The predicted octanol–water partition coefficient (Wildman–Crippen LogP) is 3.78. The van der Waals surface area contributed by atoms with Gasteiger partial charge in [-0.2, -0.15) is 4.98 Å². The maximum atomic E-state index is 5.89. The molecule has 6 nitrogen and oxygen atoms in total. The first kappa shape index (κ1) is 15.8. The second kappa shape index (κ2) is 7.03. The monoisotopic (exact) mass is 336 g/mol. The molecule has 1 fully saturated rings. The maximum absolute atomic E-state index is 5.89. The Morgan fingerprint density at radius 1 is 1.16 bits per heavy atom. The quantitative estimate of drug-likeness (QED) is 0.781. The molecule has 2 atom stereocenters. The van der Waals surface area contributed by atoms with Gasteiger partial charge < -0.3 is 14.6 Å². The lowest BCUT2D eigenvalue weighted by Crippen LogP contribution is -2.34. The van der Waals surface area contributed by atoms with Gasteiger partial charge in [0.1, 0.15) is 5.75 Å². The summed E-state index contributed by atoms with van der Waals surface area (Å²) in [6, 6.07) is 13.8. The zero-order chi connectivity index (χ0) is 17.1. The van der Waals surface area contributed by atoms with E-state index >= 15 is 0 Å². The summed E-state index contributed by atoms with van der Waals surface area (Å²) in [5.74, 6) is 2.70. The number of rotatable bonds is 4. The maximum Gasteiger partial charge on any atom is 0.230 e. The fourth-order valence-corrected chi connectivity index (χ4v) is 3.11. The lowest BCUT2D eigenvalue weighted by atomic mass is 9.93. The third-order valence-electron chi connectivity index (χ3n) is 4.38. The molecule has 0 unspecified atom stereocenters. The normalized spacial score (nSPS) is 20.4. The van der Waals surface area contributed by atoms with Crippen molar-refractivity contribution in [1.82, 2.24) is 20.4 Å². The highest BCUT2D eigenvalue weighted by Gasteiger charge is 2.26. The Kier molecular flexibility index (Phi) is 4.43. The van der Waals surface area contributed by atoms with Crippen LogP contribution < -0.4 is 10.1 Å². The number of nitrogens with zero attached hydrogens (tertiary/aromatic N) is 3. The molecule has 0 saturated carbocycles. The molecule has 1 aliphatic heterocycles. The molecule has 6 heteroatoms. The largest absolute Gasteiger partial charge is 0.438 e. The van der Waals surface area contributed by atoms with Gasteiger partial charge in [0, 0.05) is 18.2 Å². The van der Waals surface area contributed by atoms with Gasteiger partial charge in [-0.15, -0.1) is 0 Å². The van der Waals surface area contributed by atoms with Crippen molar-refractivity contribution in [1.29, 1.82) is 0 Å². The molecule has 0 aliphatic carbocycles. The van der Waals surface area contributed by atoms with Crippen molar-refractivity contribution in [2.45, 2.75) is 31.7 Å². The van der Waals surface area contributed by atoms with Gasteiger partial charge in [-0.25, -0.2) is 4.98 Å². The molecule has 1 N–H and O–H groups in total.